The van der Waals surface area contributed by atoms with Crippen molar-refractivity contribution in [3.63, 3.8) is 0 Å². The third-order valence-electron chi connectivity index (χ3n) is 3.95. The molecular formula is C17H16O3S2. The van der Waals surface area contributed by atoms with Gasteiger partial charge in [-0.15, -0.1) is 23.5 Å². The standard InChI is InChI=1S/C17H16O3S2/c18-16-12(3-4-13(16)17-21-6-1-7-22-17)8-11-2-5-14-15(9-11)20-10-19-14/h2,5,8-9H,1,3-4,6-7,10H2. The van der Waals surface area contributed by atoms with Gasteiger partial charge in [0.2, 0.25) is 6.79 Å². The van der Waals surface area contributed by atoms with E-state index in [1.165, 1.54) is 10.7 Å². The number of carbonyl (C=O) groups is 1. The summed E-state index contributed by atoms with van der Waals surface area (Å²) in [5, 5.41) is 0. The molecular weight excluding hydrogens is 316 g/mol. The van der Waals surface area contributed by atoms with Gasteiger partial charge in [-0.25, -0.2) is 0 Å². The molecule has 0 atom stereocenters. The molecule has 0 amide bonds. The lowest BCUT2D eigenvalue weighted by atomic mass is 10.1. The smallest absolute Gasteiger partial charge is 0.231 e. The lowest BCUT2D eigenvalue weighted by Crippen LogP contribution is -2.01. The number of Topliss-reactive ketones (excluding diaryl/α,β-unsaturated/α-hetero) is 1. The van der Waals surface area contributed by atoms with E-state index in [2.05, 4.69) is 0 Å². The van der Waals surface area contributed by atoms with Gasteiger partial charge in [-0.2, -0.15) is 0 Å². The van der Waals surface area contributed by atoms with E-state index in [1.807, 2.05) is 47.8 Å². The maximum absolute atomic E-state index is 12.6. The molecule has 1 saturated carbocycles. The first-order valence-electron chi connectivity index (χ1n) is 7.45. The molecule has 1 aromatic rings. The topological polar surface area (TPSA) is 35.5 Å². The van der Waals surface area contributed by atoms with Crippen molar-refractivity contribution in [2.75, 3.05) is 18.3 Å². The van der Waals surface area contributed by atoms with E-state index < -0.39 is 0 Å². The molecule has 1 aromatic carbocycles. The van der Waals surface area contributed by atoms with Crippen molar-refractivity contribution < 1.29 is 14.3 Å². The van der Waals surface area contributed by atoms with E-state index in [0.29, 0.717) is 0 Å². The lowest BCUT2D eigenvalue weighted by Gasteiger charge is -2.14. The zero-order chi connectivity index (χ0) is 14.9. The number of benzene rings is 1. The molecule has 0 N–H and O–H groups in total. The minimum Gasteiger partial charge on any atom is -0.454 e. The van der Waals surface area contributed by atoms with Crippen LogP contribution in [0.3, 0.4) is 0 Å². The van der Waals surface area contributed by atoms with E-state index in [9.17, 15) is 4.79 Å². The van der Waals surface area contributed by atoms with Gasteiger partial charge in [-0.1, -0.05) is 6.07 Å². The number of hydrogen-bond donors (Lipinski definition) is 0. The Balaban J connectivity index is 1.59. The number of ketones is 1. The molecule has 22 heavy (non-hydrogen) atoms. The zero-order valence-electron chi connectivity index (χ0n) is 12.1. The molecule has 2 fully saturated rings. The number of rotatable bonds is 1. The summed E-state index contributed by atoms with van der Waals surface area (Å²) >= 11 is 3.69. The Morgan fingerprint density at radius 3 is 2.73 bits per heavy atom. The summed E-state index contributed by atoms with van der Waals surface area (Å²) in [6.45, 7) is 0.277. The molecule has 0 aromatic heterocycles. The van der Waals surface area contributed by atoms with E-state index >= 15 is 0 Å². The highest BCUT2D eigenvalue weighted by Gasteiger charge is 2.27. The molecule has 114 valence electrons. The second kappa shape index (κ2) is 6.05. The summed E-state index contributed by atoms with van der Waals surface area (Å²) in [5.41, 5.74) is 2.94. The Hall–Kier alpha value is -1.33. The van der Waals surface area contributed by atoms with Gasteiger partial charge in [0.25, 0.3) is 0 Å². The van der Waals surface area contributed by atoms with Crippen molar-refractivity contribution in [3.05, 3.63) is 39.1 Å². The second-order valence-corrected chi connectivity index (χ2v) is 7.90. The van der Waals surface area contributed by atoms with Crippen molar-refractivity contribution in [3.8, 4) is 11.5 Å². The van der Waals surface area contributed by atoms with Gasteiger partial charge in [0, 0.05) is 15.4 Å². The van der Waals surface area contributed by atoms with Gasteiger partial charge in [-0.05, 0) is 54.5 Å². The van der Waals surface area contributed by atoms with Crippen LogP contribution in [0.25, 0.3) is 6.08 Å². The third-order valence-corrected chi connectivity index (χ3v) is 6.66. The molecule has 3 nitrogen and oxygen atoms in total. The van der Waals surface area contributed by atoms with Crippen LogP contribution in [-0.4, -0.2) is 24.1 Å². The second-order valence-electron chi connectivity index (χ2n) is 5.43. The van der Waals surface area contributed by atoms with Crippen LogP contribution < -0.4 is 9.47 Å². The first-order valence-corrected chi connectivity index (χ1v) is 9.42. The van der Waals surface area contributed by atoms with Crippen molar-refractivity contribution in [1.29, 1.82) is 0 Å². The van der Waals surface area contributed by atoms with Crippen molar-refractivity contribution >= 4 is 35.4 Å². The van der Waals surface area contributed by atoms with Crippen LogP contribution in [0.15, 0.2) is 33.6 Å². The Kier molecular flexibility index (Phi) is 3.92. The van der Waals surface area contributed by atoms with E-state index in [4.69, 9.17) is 9.47 Å². The average Bonchev–Trinajstić information content (AvgIpc) is 3.15. The SMILES string of the molecule is O=C1C(=Cc2ccc3c(c2)OCO3)CCC1=C1SCCCS1. The number of hydrogen-bond acceptors (Lipinski definition) is 5. The van der Waals surface area contributed by atoms with E-state index in [1.54, 1.807) is 0 Å². The third kappa shape index (κ3) is 2.68. The van der Waals surface area contributed by atoms with E-state index in [-0.39, 0.29) is 12.6 Å². The number of ether oxygens (including phenoxy) is 2. The molecule has 0 bridgehead atoms. The van der Waals surface area contributed by atoms with Crippen LogP contribution in [0.2, 0.25) is 0 Å². The van der Waals surface area contributed by atoms with Crippen LogP contribution in [-0.2, 0) is 4.79 Å². The molecule has 2 aliphatic heterocycles. The predicted octanol–water partition coefficient (Wildman–Crippen LogP) is 4.24. The van der Waals surface area contributed by atoms with Gasteiger partial charge < -0.3 is 9.47 Å². The molecule has 5 heteroatoms. The minimum atomic E-state index is 0.231. The molecule has 4 rings (SSSR count). The quantitative estimate of drug-likeness (QED) is 0.719. The maximum atomic E-state index is 12.6. The predicted molar refractivity (Wildman–Crippen MR) is 91.3 cm³/mol. The summed E-state index contributed by atoms with van der Waals surface area (Å²) in [6.07, 6.45) is 4.95. The zero-order valence-corrected chi connectivity index (χ0v) is 13.7. The highest BCUT2D eigenvalue weighted by atomic mass is 32.2. The summed E-state index contributed by atoms with van der Waals surface area (Å²) in [6, 6.07) is 5.82. The van der Waals surface area contributed by atoms with Gasteiger partial charge in [0.1, 0.15) is 0 Å². The van der Waals surface area contributed by atoms with Crippen LogP contribution in [0.1, 0.15) is 24.8 Å². The largest absolute Gasteiger partial charge is 0.454 e. The lowest BCUT2D eigenvalue weighted by molar-refractivity contribution is -0.111. The Labute approximate surface area is 138 Å². The molecule has 1 saturated heterocycles. The van der Waals surface area contributed by atoms with Gasteiger partial charge in [0.15, 0.2) is 17.3 Å². The van der Waals surface area contributed by atoms with Crippen LogP contribution in [0.5, 0.6) is 11.5 Å². The number of carbonyl (C=O) groups excluding carboxylic acids is 1. The minimum absolute atomic E-state index is 0.231. The number of thioether (sulfide) groups is 2. The van der Waals surface area contributed by atoms with Crippen LogP contribution in [0, 0.1) is 0 Å². The normalized spacial score (nSPS) is 22.7. The van der Waals surface area contributed by atoms with Gasteiger partial charge in [-0.3, -0.25) is 4.79 Å². The fourth-order valence-electron chi connectivity index (χ4n) is 2.82. The molecule has 3 aliphatic rings. The molecule has 0 radical (unpaired) electrons. The summed E-state index contributed by atoms with van der Waals surface area (Å²) in [7, 11) is 0. The summed E-state index contributed by atoms with van der Waals surface area (Å²) in [4.78, 5) is 12.6. The van der Waals surface area contributed by atoms with Crippen molar-refractivity contribution in [2.45, 2.75) is 19.3 Å². The Bertz CT molecular complexity index is 683. The maximum Gasteiger partial charge on any atom is 0.231 e. The molecule has 2 heterocycles. The fourth-order valence-corrected chi connectivity index (χ4v) is 5.52. The average molecular weight is 332 g/mol. The number of fused-ring (bicyclic) bond motifs is 1. The number of allylic oxidation sites excluding steroid dienone is 2. The highest BCUT2D eigenvalue weighted by Crippen LogP contribution is 2.42. The molecule has 0 spiro atoms. The summed E-state index contributed by atoms with van der Waals surface area (Å²) in [5.74, 6) is 4.05. The summed E-state index contributed by atoms with van der Waals surface area (Å²) < 4.78 is 12.0. The Morgan fingerprint density at radius 2 is 1.86 bits per heavy atom. The molecule has 1 aliphatic carbocycles. The fraction of sp³-hybridized carbons (Fsp3) is 0.353. The van der Waals surface area contributed by atoms with E-state index in [0.717, 1.165) is 52.6 Å². The van der Waals surface area contributed by atoms with Gasteiger partial charge in [0.05, 0.1) is 0 Å². The van der Waals surface area contributed by atoms with Gasteiger partial charge >= 0.3 is 0 Å². The van der Waals surface area contributed by atoms with Crippen molar-refractivity contribution in [1.82, 2.24) is 0 Å². The first-order chi connectivity index (χ1) is 10.8. The first kappa shape index (κ1) is 14.3. The molecule has 0 unspecified atom stereocenters. The van der Waals surface area contributed by atoms with Crippen molar-refractivity contribution in [2.24, 2.45) is 0 Å². The Morgan fingerprint density at radius 1 is 1.05 bits per heavy atom. The van der Waals surface area contributed by atoms with Crippen LogP contribution >= 0.6 is 23.5 Å². The highest BCUT2D eigenvalue weighted by molar-refractivity contribution is 8.22. The monoisotopic (exact) mass is 332 g/mol. The van der Waals surface area contributed by atoms with Crippen LogP contribution in [0.4, 0.5) is 0 Å².